The maximum atomic E-state index is 12.6. The van der Waals surface area contributed by atoms with Gasteiger partial charge in [-0.2, -0.15) is 0 Å². The van der Waals surface area contributed by atoms with Crippen LogP contribution in [0.15, 0.2) is 48.8 Å². The Bertz CT molecular complexity index is 1400. The number of nitrogens with one attached hydrogen (secondary N) is 3. The van der Waals surface area contributed by atoms with Gasteiger partial charge in [-0.1, -0.05) is 31.5 Å². The van der Waals surface area contributed by atoms with Crippen molar-refractivity contribution in [3.63, 3.8) is 0 Å². The van der Waals surface area contributed by atoms with Crippen molar-refractivity contribution in [2.75, 3.05) is 25.4 Å². The minimum Gasteiger partial charge on any atom is -0.508 e. The molecule has 0 aliphatic carbocycles. The van der Waals surface area contributed by atoms with Crippen molar-refractivity contribution in [1.29, 1.82) is 0 Å². The summed E-state index contributed by atoms with van der Waals surface area (Å²) in [5, 5.41) is 18.1. The van der Waals surface area contributed by atoms with E-state index in [9.17, 15) is 19.5 Å². The predicted molar refractivity (Wildman–Crippen MR) is 171 cm³/mol. The Balaban J connectivity index is 1.39. The SMILES string of the molecule is CCc1c(-c2ccc(C(=O)NCCCNC(=O)CCCCCNC(=O)OC(C)(C)C)nc2)cnc(N)c1-c1ccc(O)cc1. The highest BCUT2D eigenvalue weighted by molar-refractivity contribution is 5.93. The van der Waals surface area contributed by atoms with Crippen LogP contribution >= 0.6 is 0 Å². The molecular weight excluding hydrogens is 560 g/mol. The van der Waals surface area contributed by atoms with Gasteiger partial charge in [-0.15, -0.1) is 0 Å². The van der Waals surface area contributed by atoms with Crippen LogP contribution in [0.1, 0.15) is 75.9 Å². The molecule has 236 valence electrons. The molecule has 0 radical (unpaired) electrons. The number of rotatable bonds is 14. The van der Waals surface area contributed by atoms with Gasteiger partial charge >= 0.3 is 6.09 Å². The zero-order valence-corrected chi connectivity index (χ0v) is 26.0. The van der Waals surface area contributed by atoms with Crippen LogP contribution in [-0.2, 0) is 16.0 Å². The minimum absolute atomic E-state index is 0.0362. The number of carbonyl (C=O) groups is 3. The Kier molecular flexibility index (Phi) is 12.5. The molecule has 6 N–H and O–H groups in total. The highest BCUT2D eigenvalue weighted by Gasteiger charge is 2.17. The first-order chi connectivity index (χ1) is 21.0. The molecule has 2 heterocycles. The number of nitrogens with two attached hydrogens (primary N) is 1. The third-order valence-electron chi connectivity index (χ3n) is 6.74. The molecule has 0 bridgehead atoms. The Labute approximate surface area is 259 Å². The lowest BCUT2D eigenvalue weighted by Gasteiger charge is -2.19. The molecular formula is C33H44N6O5. The molecule has 11 heteroatoms. The quantitative estimate of drug-likeness (QED) is 0.161. The van der Waals surface area contributed by atoms with Crippen LogP contribution in [0.2, 0.25) is 0 Å². The maximum absolute atomic E-state index is 12.6. The standard InChI is InChI=1S/C33H44N6O5/c1-5-25-26(21-39-30(34)29(25)22-11-14-24(40)15-12-22)23-13-16-27(38-20-23)31(42)36-19-9-18-35-28(41)10-7-6-8-17-37-32(43)44-33(2,3)4/h11-16,20-21,40H,5-10,17-19H2,1-4H3,(H2,34,39)(H,35,41)(H,36,42)(H,37,43). The number of benzene rings is 1. The van der Waals surface area contributed by atoms with Crippen molar-refractivity contribution >= 4 is 23.7 Å². The van der Waals surface area contributed by atoms with E-state index in [0.29, 0.717) is 50.4 Å². The Hall–Kier alpha value is -4.67. The summed E-state index contributed by atoms with van der Waals surface area (Å²) in [4.78, 5) is 45.1. The highest BCUT2D eigenvalue weighted by atomic mass is 16.6. The van der Waals surface area contributed by atoms with E-state index in [1.807, 2.05) is 33.8 Å². The van der Waals surface area contributed by atoms with Gasteiger partial charge in [0.15, 0.2) is 0 Å². The molecule has 0 aliphatic heterocycles. The Morgan fingerprint density at radius 1 is 0.841 bits per heavy atom. The van der Waals surface area contributed by atoms with Crippen LogP contribution in [0, 0.1) is 0 Å². The van der Waals surface area contributed by atoms with Gasteiger partial charge in [-0.25, -0.2) is 9.78 Å². The number of nitrogens with zero attached hydrogens (tertiary/aromatic N) is 2. The van der Waals surface area contributed by atoms with Crippen LogP contribution in [0.4, 0.5) is 10.6 Å². The topological polar surface area (TPSA) is 169 Å². The molecule has 0 aliphatic rings. The fourth-order valence-electron chi connectivity index (χ4n) is 4.61. The average Bonchev–Trinajstić information content (AvgIpc) is 2.98. The molecule has 2 aromatic heterocycles. The van der Waals surface area contributed by atoms with Crippen molar-refractivity contribution in [3.8, 4) is 28.0 Å². The molecule has 0 saturated heterocycles. The summed E-state index contributed by atoms with van der Waals surface area (Å²) in [6, 6.07) is 10.3. The van der Waals surface area contributed by atoms with Gasteiger partial charge < -0.3 is 31.5 Å². The van der Waals surface area contributed by atoms with E-state index in [4.69, 9.17) is 10.5 Å². The monoisotopic (exact) mass is 604 g/mol. The second kappa shape index (κ2) is 16.3. The van der Waals surface area contributed by atoms with Crippen molar-refractivity contribution in [3.05, 3.63) is 60.0 Å². The number of unbranched alkanes of at least 4 members (excludes halogenated alkanes) is 2. The van der Waals surface area contributed by atoms with Crippen molar-refractivity contribution < 1.29 is 24.2 Å². The van der Waals surface area contributed by atoms with Crippen LogP contribution in [0.5, 0.6) is 5.75 Å². The lowest BCUT2D eigenvalue weighted by molar-refractivity contribution is -0.121. The lowest BCUT2D eigenvalue weighted by Crippen LogP contribution is -2.33. The molecule has 0 spiro atoms. The van der Waals surface area contributed by atoms with E-state index in [1.165, 1.54) is 0 Å². The fourth-order valence-corrected chi connectivity index (χ4v) is 4.61. The largest absolute Gasteiger partial charge is 0.508 e. The van der Waals surface area contributed by atoms with Gasteiger partial charge in [0.25, 0.3) is 5.91 Å². The number of nitrogen functional groups attached to an aromatic ring is 1. The fraction of sp³-hybridized carbons (Fsp3) is 0.424. The summed E-state index contributed by atoms with van der Waals surface area (Å²) >= 11 is 0. The second-order valence-corrected chi connectivity index (χ2v) is 11.4. The van der Waals surface area contributed by atoms with Crippen molar-refractivity contribution in [1.82, 2.24) is 25.9 Å². The zero-order chi connectivity index (χ0) is 32.1. The van der Waals surface area contributed by atoms with Gasteiger partial charge in [0.2, 0.25) is 5.91 Å². The van der Waals surface area contributed by atoms with Crippen LogP contribution < -0.4 is 21.7 Å². The van der Waals surface area contributed by atoms with Crippen LogP contribution in [0.3, 0.4) is 0 Å². The van der Waals surface area contributed by atoms with E-state index >= 15 is 0 Å². The minimum atomic E-state index is -0.522. The number of carbonyl (C=O) groups excluding carboxylic acids is 3. The third kappa shape index (κ3) is 10.6. The normalized spacial score (nSPS) is 11.1. The van der Waals surface area contributed by atoms with E-state index < -0.39 is 11.7 Å². The number of phenolic OH excluding ortho intramolecular Hbond substituents is 1. The first-order valence-corrected chi connectivity index (χ1v) is 15.0. The predicted octanol–water partition coefficient (Wildman–Crippen LogP) is 4.98. The van der Waals surface area contributed by atoms with E-state index in [2.05, 4.69) is 25.9 Å². The highest BCUT2D eigenvalue weighted by Crippen LogP contribution is 2.36. The summed E-state index contributed by atoms with van der Waals surface area (Å²) in [6.07, 6.45) is 6.95. The Morgan fingerprint density at radius 2 is 1.52 bits per heavy atom. The second-order valence-electron chi connectivity index (χ2n) is 11.4. The zero-order valence-electron chi connectivity index (χ0n) is 26.0. The molecule has 0 unspecified atom stereocenters. The summed E-state index contributed by atoms with van der Waals surface area (Å²) in [6.45, 7) is 8.85. The number of alkyl carbamates (subject to hydrolysis) is 1. The molecule has 0 fully saturated rings. The molecule has 44 heavy (non-hydrogen) atoms. The summed E-state index contributed by atoms with van der Waals surface area (Å²) < 4.78 is 5.18. The number of ether oxygens (including phenoxy) is 1. The van der Waals surface area contributed by atoms with E-state index in [0.717, 1.165) is 47.1 Å². The van der Waals surface area contributed by atoms with Gasteiger partial charge in [0.1, 0.15) is 22.9 Å². The number of amides is 3. The van der Waals surface area contributed by atoms with Crippen molar-refractivity contribution in [2.24, 2.45) is 0 Å². The number of phenols is 1. The molecule has 1 aromatic carbocycles. The smallest absolute Gasteiger partial charge is 0.407 e. The number of anilines is 1. The summed E-state index contributed by atoms with van der Waals surface area (Å²) in [5.74, 6) is 0.248. The van der Waals surface area contributed by atoms with Crippen LogP contribution in [-0.4, -0.2) is 58.2 Å². The number of pyridine rings is 2. The number of aromatic nitrogens is 2. The van der Waals surface area contributed by atoms with E-state index in [-0.39, 0.29) is 17.6 Å². The number of hydrogen-bond donors (Lipinski definition) is 5. The van der Waals surface area contributed by atoms with Gasteiger partial charge in [-0.3, -0.25) is 14.6 Å². The number of aromatic hydroxyl groups is 1. The summed E-state index contributed by atoms with van der Waals surface area (Å²) in [5.41, 5.74) is 10.4. The average molecular weight is 605 g/mol. The van der Waals surface area contributed by atoms with Gasteiger partial charge in [0.05, 0.1) is 0 Å². The van der Waals surface area contributed by atoms with Crippen LogP contribution in [0.25, 0.3) is 22.3 Å². The molecule has 11 nitrogen and oxygen atoms in total. The molecule has 3 amide bonds. The van der Waals surface area contributed by atoms with Crippen molar-refractivity contribution in [2.45, 2.75) is 71.8 Å². The summed E-state index contributed by atoms with van der Waals surface area (Å²) in [7, 11) is 0. The Morgan fingerprint density at radius 3 is 2.18 bits per heavy atom. The first-order valence-electron chi connectivity index (χ1n) is 15.0. The van der Waals surface area contributed by atoms with Gasteiger partial charge in [0, 0.05) is 55.1 Å². The van der Waals surface area contributed by atoms with E-state index in [1.54, 1.807) is 42.7 Å². The third-order valence-corrected chi connectivity index (χ3v) is 6.74. The molecule has 3 aromatic rings. The molecule has 0 saturated carbocycles. The molecule has 0 atom stereocenters. The maximum Gasteiger partial charge on any atom is 0.407 e. The van der Waals surface area contributed by atoms with Gasteiger partial charge in [-0.05, 0) is 75.8 Å². The number of hydrogen-bond acceptors (Lipinski definition) is 8. The first kappa shape index (κ1) is 33.8. The molecule has 3 rings (SSSR count). The lowest BCUT2D eigenvalue weighted by atomic mass is 9.92.